The summed E-state index contributed by atoms with van der Waals surface area (Å²) in [5.41, 5.74) is 1.30. The molecule has 0 saturated carbocycles. The van der Waals surface area contributed by atoms with E-state index in [1.165, 1.54) is 17.6 Å². The number of esters is 1. The van der Waals surface area contributed by atoms with Crippen molar-refractivity contribution < 1.29 is 27.5 Å². The maximum atomic E-state index is 12.9. The Morgan fingerprint density at radius 3 is 2.62 bits per heavy atom. The third-order valence-electron chi connectivity index (χ3n) is 4.92. The lowest BCUT2D eigenvalue weighted by atomic mass is 10.1. The van der Waals surface area contributed by atoms with Crippen LogP contribution < -0.4 is 16.2 Å². The second-order valence-electron chi connectivity index (χ2n) is 7.54. The Kier molecular flexibility index (Phi) is 7.54. The monoisotopic (exact) mass is 476 g/mol. The number of amides is 1. The maximum absolute atomic E-state index is 12.9. The highest BCUT2D eigenvalue weighted by Gasteiger charge is 2.30. The molecule has 11 heteroatoms. The molecule has 1 amide bonds. The third kappa shape index (κ3) is 6.33. The highest BCUT2D eigenvalue weighted by Crippen LogP contribution is 2.29. The van der Waals surface area contributed by atoms with Crippen LogP contribution in [0, 0.1) is 6.92 Å². The first-order chi connectivity index (χ1) is 16.0. The number of hydrogen-bond donors (Lipinski definition) is 2. The molecule has 0 unspecified atom stereocenters. The molecule has 2 aromatic carbocycles. The van der Waals surface area contributed by atoms with Crippen molar-refractivity contribution in [2.45, 2.75) is 33.1 Å². The van der Waals surface area contributed by atoms with Crippen molar-refractivity contribution in [2.24, 2.45) is 0 Å². The SMILES string of the molecule is CC(=O)OCC(=O)NCCn1c(=O)c(C)nc2ccc(NCc3cccc(C(F)(F)F)c3)cc21. The van der Waals surface area contributed by atoms with E-state index in [1.54, 1.807) is 31.2 Å². The molecule has 1 aromatic heterocycles. The second kappa shape index (κ2) is 10.4. The number of halogens is 3. The number of fused-ring (bicyclic) bond motifs is 1. The average molecular weight is 476 g/mol. The molecule has 0 bridgehead atoms. The van der Waals surface area contributed by atoms with E-state index in [0.717, 1.165) is 12.1 Å². The minimum absolute atomic E-state index is 0.112. The average Bonchev–Trinajstić information content (AvgIpc) is 2.78. The van der Waals surface area contributed by atoms with E-state index >= 15 is 0 Å². The summed E-state index contributed by atoms with van der Waals surface area (Å²) in [7, 11) is 0. The number of carbonyl (C=O) groups excluding carboxylic acids is 2. The zero-order valence-corrected chi connectivity index (χ0v) is 18.5. The van der Waals surface area contributed by atoms with Crippen molar-refractivity contribution in [3.8, 4) is 0 Å². The van der Waals surface area contributed by atoms with Gasteiger partial charge in [0.2, 0.25) is 0 Å². The molecule has 8 nitrogen and oxygen atoms in total. The third-order valence-corrected chi connectivity index (χ3v) is 4.92. The number of hydrogen-bond acceptors (Lipinski definition) is 6. The van der Waals surface area contributed by atoms with Gasteiger partial charge in [-0.05, 0) is 42.8 Å². The topological polar surface area (TPSA) is 102 Å². The molecule has 0 aliphatic rings. The van der Waals surface area contributed by atoms with Gasteiger partial charge in [-0.25, -0.2) is 4.98 Å². The Labute approximate surface area is 192 Å². The molecular formula is C23H23F3N4O4. The number of nitrogens with zero attached hydrogens (tertiary/aromatic N) is 2. The van der Waals surface area contributed by atoms with Crippen LogP contribution in [0.1, 0.15) is 23.7 Å². The fraction of sp³-hybridized carbons (Fsp3) is 0.304. The Hall–Kier alpha value is -3.89. The molecular weight excluding hydrogens is 453 g/mol. The largest absolute Gasteiger partial charge is 0.456 e. The normalized spacial score (nSPS) is 11.3. The van der Waals surface area contributed by atoms with Gasteiger partial charge in [0.05, 0.1) is 16.6 Å². The Balaban J connectivity index is 1.77. The van der Waals surface area contributed by atoms with Crippen LogP contribution in [0.2, 0.25) is 0 Å². The van der Waals surface area contributed by atoms with Crippen molar-refractivity contribution in [1.82, 2.24) is 14.9 Å². The highest BCUT2D eigenvalue weighted by atomic mass is 19.4. The molecule has 0 aliphatic heterocycles. The van der Waals surface area contributed by atoms with Gasteiger partial charge in [-0.15, -0.1) is 0 Å². The van der Waals surface area contributed by atoms with Gasteiger partial charge in [0.25, 0.3) is 11.5 Å². The van der Waals surface area contributed by atoms with Gasteiger partial charge in [0.1, 0.15) is 5.69 Å². The van der Waals surface area contributed by atoms with E-state index in [9.17, 15) is 27.6 Å². The molecule has 3 rings (SSSR count). The van der Waals surface area contributed by atoms with Gasteiger partial charge in [-0.3, -0.25) is 14.4 Å². The van der Waals surface area contributed by atoms with E-state index < -0.39 is 30.2 Å². The molecule has 0 spiro atoms. The van der Waals surface area contributed by atoms with Crippen LogP contribution in [0.25, 0.3) is 11.0 Å². The standard InChI is InChI=1S/C23H23F3N4O4/c1-14-22(33)30(9-8-27-21(32)13-34-15(2)31)20-11-18(6-7-19(20)29-14)28-12-16-4-3-5-17(10-16)23(24,25)26/h3-7,10-11,28H,8-9,12-13H2,1-2H3,(H,27,32). The summed E-state index contributed by atoms with van der Waals surface area (Å²) in [4.78, 5) is 39.5. The lowest BCUT2D eigenvalue weighted by Crippen LogP contribution is -2.34. The van der Waals surface area contributed by atoms with E-state index in [4.69, 9.17) is 0 Å². The molecule has 0 saturated heterocycles. The van der Waals surface area contributed by atoms with Crippen LogP contribution in [0.4, 0.5) is 18.9 Å². The van der Waals surface area contributed by atoms with Crippen molar-refractivity contribution in [3.63, 3.8) is 0 Å². The molecule has 3 aromatic rings. The Morgan fingerprint density at radius 2 is 1.91 bits per heavy atom. The number of benzene rings is 2. The molecule has 180 valence electrons. The number of aryl methyl sites for hydroxylation is 1. The minimum Gasteiger partial charge on any atom is -0.456 e. The predicted octanol–water partition coefficient (Wildman–Crippen LogP) is 3.02. The van der Waals surface area contributed by atoms with Gasteiger partial charge in [-0.1, -0.05) is 12.1 Å². The van der Waals surface area contributed by atoms with E-state index in [1.807, 2.05) is 0 Å². The highest BCUT2D eigenvalue weighted by molar-refractivity contribution is 5.80. The fourth-order valence-electron chi connectivity index (χ4n) is 3.29. The van der Waals surface area contributed by atoms with Gasteiger partial charge < -0.3 is 19.9 Å². The molecule has 0 atom stereocenters. The molecule has 2 N–H and O–H groups in total. The molecule has 0 fully saturated rings. The summed E-state index contributed by atoms with van der Waals surface area (Å²) in [5.74, 6) is -1.07. The van der Waals surface area contributed by atoms with Crippen LogP contribution in [0.3, 0.4) is 0 Å². The van der Waals surface area contributed by atoms with E-state index in [0.29, 0.717) is 22.3 Å². The number of nitrogens with one attached hydrogen (secondary N) is 2. The number of ether oxygens (including phenoxy) is 1. The molecule has 34 heavy (non-hydrogen) atoms. The zero-order valence-electron chi connectivity index (χ0n) is 18.5. The van der Waals surface area contributed by atoms with Crippen molar-refractivity contribution in [1.29, 1.82) is 0 Å². The van der Waals surface area contributed by atoms with Gasteiger partial charge in [-0.2, -0.15) is 13.2 Å². The summed E-state index contributed by atoms with van der Waals surface area (Å²) < 4.78 is 44.9. The molecule has 1 heterocycles. The first-order valence-electron chi connectivity index (χ1n) is 10.4. The van der Waals surface area contributed by atoms with E-state index in [2.05, 4.69) is 20.4 Å². The number of aromatic nitrogens is 2. The summed E-state index contributed by atoms with van der Waals surface area (Å²) in [5, 5.41) is 5.64. The Morgan fingerprint density at radius 1 is 1.15 bits per heavy atom. The second-order valence-corrected chi connectivity index (χ2v) is 7.54. The quantitative estimate of drug-likeness (QED) is 0.485. The van der Waals surface area contributed by atoms with Crippen LogP contribution in [0.15, 0.2) is 47.3 Å². The smallest absolute Gasteiger partial charge is 0.416 e. The lowest BCUT2D eigenvalue weighted by molar-refractivity contribution is -0.146. The van der Waals surface area contributed by atoms with Gasteiger partial charge in [0.15, 0.2) is 6.61 Å². The number of rotatable bonds is 8. The van der Waals surface area contributed by atoms with Crippen LogP contribution in [0.5, 0.6) is 0 Å². The molecule has 0 radical (unpaired) electrons. The van der Waals surface area contributed by atoms with Crippen LogP contribution in [-0.2, 0) is 33.6 Å². The summed E-state index contributed by atoms with van der Waals surface area (Å²) >= 11 is 0. The van der Waals surface area contributed by atoms with Crippen molar-refractivity contribution in [3.05, 3.63) is 69.6 Å². The van der Waals surface area contributed by atoms with Crippen molar-refractivity contribution >= 4 is 28.6 Å². The van der Waals surface area contributed by atoms with Crippen LogP contribution >= 0.6 is 0 Å². The predicted molar refractivity (Wildman–Crippen MR) is 119 cm³/mol. The number of carbonyl (C=O) groups is 2. The van der Waals surface area contributed by atoms with Crippen molar-refractivity contribution in [2.75, 3.05) is 18.5 Å². The van der Waals surface area contributed by atoms with Gasteiger partial charge in [0, 0.05) is 32.2 Å². The first-order valence-corrected chi connectivity index (χ1v) is 10.4. The zero-order chi connectivity index (χ0) is 24.9. The summed E-state index contributed by atoms with van der Waals surface area (Å²) in [6.07, 6.45) is -4.42. The maximum Gasteiger partial charge on any atom is 0.416 e. The summed E-state index contributed by atoms with van der Waals surface area (Å²) in [6.45, 7) is 2.76. The Bertz CT molecular complexity index is 1270. The fourth-order valence-corrected chi connectivity index (χ4v) is 3.29. The summed E-state index contributed by atoms with van der Waals surface area (Å²) in [6, 6.07) is 10.1. The molecule has 0 aliphatic carbocycles. The number of alkyl halides is 3. The number of anilines is 1. The van der Waals surface area contributed by atoms with Gasteiger partial charge >= 0.3 is 12.1 Å². The lowest BCUT2D eigenvalue weighted by Gasteiger charge is -2.14. The minimum atomic E-state index is -4.42. The van der Waals surface area contributed by atoms with E-state index in [-0.39, 0.29) is 30.9 Å². The first kappa shape index (κ1) is 24.7. The van der Waals surface area contributed by atoms with Crippen LogP contribution in [-0.4, -0.2) is 34.6 Å².